The normalized spacial score (nSPS) is 9.92. The molecule has 70 valence electrons. The molecule has 1 aromatic heterocycles. The topological polar surface area (TPSA) is 39.2 Å². The molecule has 0 saturated heterocycles. The first-order valence-corrected chi connectivity index (χ1v) is 4.23. The van der Waals surface area contributed by atoms with Crippen LogP contribution in [0.5, 0.6) is 0 Å². The average molecular weight is 179 g/mol. The van der Waals surface area contributed by atoms with E-state index in [0.29, 0.717) is 19.4 Å². The predicted molar refractivity (Wildman–Crippen MR) is 49.4 cm³/mol. The Morgan fingerprint density at radius 1 is 1.54 bits per heavy atom. The van der Waals surface area contributed by atoms with Gasteiger partial charge < -0.3 is 4.74 Å². The lowest BCUT2D eigenvalue weighted by atomic mass is 10.1. The molecule has 0 aliphatic rings. The second-order valence-electron chi connectivity index (χ2n) is 2.78. The van der Waals surface area contributed by atoms with Gasteiger partial charge in [-0.05, 0) is 12.1 Å². The number of aromatic nitrogens is 1. The highest BCUT2D eigenvalue weighted by molar-refractivity contribution is 5.80. The summed E-state index contributed by atoms with van der Waals surface area (Å²) < 4.78 is 4.81. The standard InChI is InChI=1S/C10H13NO2/c1-13-7-5-10(12)8-9-4-2-3-6-11-9/h2-4,6H,5,7-8H2,1H3. The Balaban J connectivity index is 2.37. The van der Waals surface area contributed by atoms with Crippen LogP contribution in [0.25, 0.3) is 0 Å². The molecule has 0 bridgehead atoms. The average Bonchev–Trinajstić information content (AvgIpc) is 2.16. The van der Waals surface area contributed by atoms with Gasteiger partial charge in [-0.15, -0.1) is 0 Å². The lowest BCUT2D eigenvalue weighted by Crippen LogP contribution is -2.06. The van der Waals surface area contributed by atoms with E-state index in [-0.39, 0.29) is 5.78 Å². The van der Waals surface area contributed by atoms with Gasteiger partial charge in [0.05, 0.1) is 6.61 Å². The Labute approximate surface area is 77.8 Å². The van der Waals surface area contributed by atoms with Crippen molar-refractivity contribution in [2.75, 3.05) is 13.7 Å². The van der Waals surface area contributed by atoms with Gasteiger partial charge in [0.25, 0.3) is 0 Å². The first-order valence-electron chi connectivity index (χ1n) is 4.23. The van der Waals surface area contributed by atoms with Gasteiger partial charge in [-0.2, -0.15) is 0 Å². The number of hydrogen-bond donors (Lipinski definition) is 0. The Morgan fingerprint density at radius 2 is 2.38 bits per heavy atom. The maximum absolute atomic E-state index is 11.3. The Bertz CT molecular complexity index is 259. The van der Waals surface area contributed by atoms with Crippen molar-refractivity contribution in [2.45, 2.75) is 12.8 Å². The predicted octanol–water partition coefficient (Wildman–Crippen LogP) is 1.23. The molecule has 3 heteroatoms. The van der Waals surface area contributed by atoms with Crippen molar-refractivity contribution < 1.29 is 9.53 Å². The van der Waals surface area contributed by atoms with Crippen molar-refractivity contribution >= 4 is 5.78 Å². The van der Waals surface area contributed by atoms with Gasteiger partial charge in [-0.25, -0.2) is 0 Å². The van der Waals surface area contributed by atoms with Gasteiger partial charge >= 0.3 is 0 Å². The van der Waals surface area contributed by atoms with Gasteiger partial charge in [0, 0.05) is 31.8 Å². The van der Waals surface area contributed by atoms with Crippen LogP contribution < -0.4 is 0 Å². The molecule has 0 N–H and O–H groups in total. The highest BCUT2D eigenvalue weighted by Crippen LogP contribution is 1.97. The van der Waals surface area contributed by atoms with Crippen LogP contribution in [0.4, 0.5) is 0 Å². The van der Waals surface area contributed by atoms with Crippen LogP contribution in [0, 0.1) is 0 Å². The van der Waals surface area contributed by atoms with Crippen LogP contribution in [0.3, 0.4) is 0 Å². The Morgan fingerprint density at radius 3 is 3.00 bits per heavy atom. The zero-order valence-electron chi connectivity index (χ0n) is 7.69. The fraction of sp³-hybridized carbons (Fsp3) is 0.400. The van der Waals surface area contributed by atoms with E-state index in [4.69, 9.17) is 4.74 Å². The second kappa shape index (κ2) is 5.43. The SMILES string of the molecule is COCCC(=O)Cc1ccccn1. The highest BCUT2D eigenvalue weighted by atomic mass is 16.5. The number of pyridine rings is 1. The fourth-order valence-electron chi connectivity index (χ4n) is 1.01. The molecular formula is C10H13NO2. The summed E-state index contributed by atoms with van der Waals surface area (Å²) in [7, 11) is 1.59. The zero-order valence-corrected chi connectivity index (χ0v) is 7.69. The quantitative estimate of drug-likeness (QED) is 0.682. The van der Waals surface area contributed by atoms with Crippen molar-refractivity contribution in [3.63, 3.8) is 0 Å². The van der Waals surface area contributed by atoms with E-state index in [0.717, 1.165) is 5.69 Å². The molecule has 0 aliphatic heterocycles. The summed E-state index contributed by atoms with van der Waals surface area (Å²) in [6.45, 7) is 0.492. The molecular weight excluding hydrogens is 166 g/mol. The third-order valence-electron chi connectivity index (χ3n) is 1.69. The van der Waals surface area contributed by atoms with Crippen molar-refractivity contribution in [2.24, 2.45) is 0 Å². The maximum atomic E-state index is 11.3. The molecule has 0 aliphatic carbocycles. The zero-order chi connectivity index (χ0) is 9.52. The molecule has 0 radical (unpaired) electrons. The summed E-state index contributed by atoms with van der Waals surface area (Å²) >= 11 is 0. The summed E-state index contributed by atoms with van der Waals surface area (Å²) in [6, 6.07) is 5.57. The van der Waals surface area contributed by atoms with E-state index < -0.39 is 0 Å². The van der Waals surface area contributed by atoms with E-state index in [1.165, 1.54) is 0 Å². The number of rotatable bonds is 5. The number of Topliss-reactive ketones (excluding diaryl/α,β-unsaturated/α-hetero) is 1. The van der Waals surface area contributed by atoms with E-state index in [1.54, 1.807) is 13.3 Å². The fourth-order valence-corrected chi connectivity index (χ4v) is 1.01. The highest BCUT2D eigenvalue weighted by Gasteiger charge is 2.03. The lowest BCUT2D eigenvalue weighted by Gasteiger charge is -1.99. The number of ketones is 1. The van der Waals surface area contributed by atoms with Crippen molar-refractivity contribution in [3.05, 3.63) is 30.1 Å². The molecule has 0 unspecified atom stereocenters. The lowest BCUT2D eigenvalue weighted by molar-refractivity contribution is -0.119. The molecule has 1 rings (SSSR count). The summed E-state index contributed by atoms with van der Waals surface area (Å²) in [5.74, 6) is 0.167. The molecule has 0 fully saturated rings. The van der Waals surface area contributed by atoms with Crippen LogP contribution >= 0.6 is 0 Å². The van der Waals surface area contributed by atoms with Gasteiger partial charge in [0.1, 0.15) is 5.78 Å². The van der Waals surface area contributed by atoms with E-state index >= 15 is 0 Å². The van der Waals surface area contributed by atoms with Crippen LogP contribution in [-0.4, -0.2) is 24.5 Å². The second-order valence-corrected chi connectivity index (χ2v) is 2.78. The largest absolute Gasteiger partial charge is 0.384 e. The summed E-state index contributed by atoms with van der Waals surface area (Å²) in [5, 5.41) is 0. The van der Waals surface area contributed by atoms with Gasteiger partial charge in [0.15, 0.2) is 0 Å². The number of methoxy groups -OCH3 is 1. The molecule has 0 spiro atoms. The molecule has 0 aromatic carbocycles. The van der Waals surface area contributed by atoms with Crippen molar-refractivity contribution in [1.82, 2.24) is 4.98 Å². The number of hydrogen-bond acceptors (Lipinski definition) is 3. The number of carbonyl (C=O) groups excluding carboxylic acids is 1. The first kappa shape index (κ1) is 9.86. The summed E-state index contributed by atoms with van der Waals surface area (Å²) in [6.07, 6.45) is 2.57. The summed E-state index contributed by atoms with van der Waals surface area (Å²) in [4.78, 5) is 15.3. The minimum Gasteiger partial charge on any atom is -0.384 e. The van der Waals surface area contributed by atoms with E-state index in [1.807, 2.05) is 18.2 Å². The minimum absolute atomic E-state index is 0.167. The van der Waals surface area contributed by atoms with E-state index in [2.05, 4.69) is 4.98 Å². The van der Waals surface area contributed by atoms with Gasteiger partial charge in [-0.1, -0.05) is 6.07 Å². The third-order valence-corrected chi connectivity index (χ3v) is 1.69. The molecule has 1 aromatic rings. The Kier molecular flexibility index (Phi) is 4.12. The van der Waals surface area contributed by atoms with Gasteiger partial charge in [0.2, 0.25) is 0 Å². The van der Waals surface area contributed by atoms with Crippen molar-refractivity contribution in [1.29, 1.82) is 0 Å². The monoisotopic (exact) mass is 179 g/mol. The number of carbonyl (C=O) groups is 1. The van der Waals surface area contributed by atoms with Crippen LogP contribution in [0.15, 0.2) is 24.4 Å². The maximum Gasteiger partial charge on any atom is 0.141 e. The molecule has 0 atom stereocenters. The van der Waals surface area contributed by atoms with Crippen LogP contribution in [-0.2, 0) is 16.0 Å². The first-order chi connectivity index (χ1) is 6.33. The van der Waals surface area contributed by atoms with Crippen molar-refractivity contribution in [3.8, 4) is 0 Å². The van der Waals surface area contributed by atoms with E-state index in [9.17, 15) is 4.79 Å². The molecule has 13 heavy (non-hydrogen) atoms. The Hall–Kier alpha value is -1.22. The summed E-state index contributed by atoms with van der Waals surface area (Å²) in [5.41, 5.74) is 0.823. The number of ether oxygens (including phenoxy) is 1. The van der Waals surface area contributed by atoms with Crippen LogP contribution in [0.2, 0.25) is 0 Å². The molecule has 3 nitrogen and oxygen atoms in total. The smallest absolute Gasteiger partial charge is 0.141 e. The van der Waals surface area contributed by atoms with Gasteiger partial charge in [-0.3, -0.25) is 9.78 Å². The van der Waals surface area contributed by atoms with Crippen LogP contribution in [0.1, 0.15) is 12.1 Å². The molecule has 0 amide bonds. The third kappa shape index (κ3) is 3.80. The molecule has 0 saturated carbocycles. The number of nitrogens with zero attached hydrogens (tertiary/aromatic N) is 1. The molecule has 1 heterocycles. The minimum atomic E-state index is 0.167.